The summed E-state index contributed by atoms with van der Waals surface area (Å²) in [5.74, 6) is -0.540. The number of nitrogens with one attached hydrogen (secondary N) is 2. The van der Waals surface area contributed by atoms with Gasteiger partial charge in [-0.05, 0) is 36.2 Å². The van der Waals surface area contributed by atoms with Crippen molar-refractivity contribution in [3.05, 3.63) is 76.9 Å². The molecule has 0 aliphatic rings. The highest BCUT2D eigenvalue weighted by molar-refractivity contribution is 5.91. The summed E-state index contributed by atoms with van der Waals surface area (Å²) in [7, 11) is 0. The van der Waals surface area contributed by atoms with E-state index in [-0.39, 0.29) is 30.2 Å². The average molecular weight is 342 g/mol. The number of carbonyl (C=O) groups is 1. The topological polar surface area (TPSA) is 70.7 Å². The Balaban J connectivity index is 1.63. The molecule has 0 radical (unpaired) electrons. The second-order valence-electron chi connectivity index (χ2n) is 5.67. The Morgan fingerprint density at radius 1 is 1.16 bits per heavy atom. The maximum atomic E-state index is 13.7. The molecule has 5 nitrogen and oxygen atoms in total. The molecule has 0 fully saturated rings. The number of nitrogens with zero attached hydrogens (tertiary/aromatic N) is 2. The lowest BCUT2D eigenvalue weighted by molar-refractivity contribution is -0.115. The average Bonchev–Trinajstić information content (AvgIpc) is 2.99. The Kier molecular flexibility index (Phi) is 4.83. The van der Waals surface area contributed by atoms with E-state index in [0.717, 1.165) is 5.56 Å². The molecule has 0 bridgehead atoms. The smallest absolute Gasteiger partial charge is 0.232 e. The van der Waals surface area contributed by atoms with Crippen LogP contribution in [-0.4, -0.2) is 21.1 Å². The molecule has 0 aliphatic carbocycles. The number of H-pyrrole nitrogens is 1. The van der Waals surface area contributed by atoms with Gasteiger partial charge in [0.2, 0.25) is 5.91 Å². The van der Waals surface area contributed by atoms with Gasteiger partial charge < -0.3 is 5.32 Å². The summed E-state index contributed by atoms with van der Waals surface area (Å²) in [6.07, 6.45) is 0.134. The number of amides is 1. The van der Waals surface area contributed by atoms with E-state index < -0.39 is 11.7 Å². The maximum absolute atomic E-state index is 13.7. The fourth-order valence-corrected chi connectivity index (χ4v) is 2.37. The molecular weight excluding hydrogens is 326 g/mol. The van der Waals surface area contributed by atoms with E-state index in [1.54, 1.807) is 31.2 Å². The fraction of sp³-hybridized carbons (Fsp3) is 0.167. The van der Waals surface area contributed by atoms with Crippen LogP contribution in [0.3, 0.4) is 0 Å². The molecule has 7 heteroatoms. The number of hydrogen-bond acceptors (Lipinski definition) is 3. The van der Waals surface area contributed by atoms with Crippen LogP contribution in [0.4, 0.5) is 14.5 Å². The van der Waals surface area contributed by atoms with E-state index in [0.29, 0.717) is 11.4 Å². The predicted molar refractivity (Wildman–Crippen MR) is 89.1 cm³/mol. The Morgan fingerprint density at radius 2 is 1.96 bits per heavy atom. The third-order valence-corrected chi connectivity index (χ3v) is 3.61. The largest absolute Gasteiger partial charge is 0.323 e. The highest BCUT2D eigenvalue weighted by Gasteiger charge is 2.12. The van der Waals surface area contributed by atoms with Gasteiger partial charge in [-0.25, -0.2) is 13.8 Å². The van der Waals surface area contributed by atoms with Crippen LogP contribution in [0.15, 0.2) is 42.5 Å². The minimum absolute atomic E-state index is 0.109. The van der Waals surface area contributed by atoms with Crippen molar-refractivity contribution in [2.24, 2.45) is 0 Å². The first-order chi connectivity index (χ1) is 12.0. The molecular formula is C18H16F2N4O. The Hall–Kier alpha value is -3.09. The number of hydrogen-bond donors (Lipinski definition) is 2. The van der Waals surface area contributed by atoms with Gasteiger partial charge >= 0.3 is 0 Å². The van der Waals surface area contributed by atoms with Crippen LogP contribution in [0.25, 0.3) is 0 Å². The van der Waals surface area contributed by atoms with Crippen LogP contribution in [0.2, 0.25) is 0 Å². The fourth-order valence-electron chi connectivity index (χ4n) is 2.37. The highest BCUT2D eigenvalue weighted by Crippen LogP contribution is 2.15. The van der Waals surface area contributed by atoms with Gasteiger partial charge in [-0.1, -0.05) is 24.3 Å². The van der Waals surface area contributed by atoms with Crippen LogP contribution in [-0.2, 0) is 17.6 Å². The molecule has 0 saturated carbocycles. The molecule has 0 unspecified atom stereocenters. The summed E-state index contributed by atoms with van der Waals surface area (Å²) in [5.41, 5.74) is 1.36. The van der Waals surface area contributed by atoms with E-state index in [4.69, 9.17) is 0 Å². The quantitative estimate of drug-likeness (QED) is 0.748. The third kappa shape index (κ3) is 4.26. The summed E-state index contributed by atoms with van der Waals surface area (Å²) in [4.78, 5) is 16.2. The van der Waals surface area contributed by atoms with E-state index in [2.05, 4.69) is 20.5 Å². The number of aromatic nitrogens is 3. The molecule has 1 aromatic heterocycles. The zero-order valence-electron chi connectivity index (χ0n) is 13.5. The second-order valence-corrected chi connectivity index (χ2v) is 5.67. The first kappa shape index (κ1) is 16.8. The Labute approximate surface area is 143 Å². The molecule has 128 valence electrons. The van der Waals surface area contributed by atoms with Gasteiger partial charge in [0.1, 0.15) is 17.5 Å². The lowest BCUT2D eigenvalue weighted by atomic mass is 10.1. The first-order valence-electron chi connectivity index (χ1n) is 7.71. The van der Waals surface area contributed by atoms with Gasteiger partial charge in [0.25, 0.3) is 0 Å². The van der Waals surface area contributed by atoms with Crippen molar-refractivity contribution in [1.82, 2.24) is 15.2 Å². The van der Waals surface area contributed by atoms with Crippen molar-refractivity contribution in [1.29, 1.82) is 0 Å². The van der Waals surface area contributed by atoms with Crippen molar-refractivity contribution in [2.45, 2.75) is 19.8 Å². The molecule has 25 heavy (non-hydrogen) atoms. The van der Waals surface area contributed by atoms with Crippen molar-refractivity contribution in [2.75, 3.05) is 5.32 Å². The number of halogens is 2. The molecule has 3 rings (SSSR count). The molecule has 0 saturated heterocycles. The summed E-state index contributed by atoms with van der Waals surface area (Å²) < 4.78 is 27.4. The van der Waals surface area contributed by atoms with Gasteiger partial charge in [-0.15, -0.1) is 0 Å². The molecule has 1 amide bonds. The molecule has 1 heterocycles. The SMILES string of the molecule is Cc1ccc(NC(=O)Cc2n[nH]c(Cc3ccccc3F)n2)c(F)c1. The zero-order valence-corrected chi connectivity index (χ0v) is 13.5. The number of benzene rings is 2. The molecule has 3 aromatic rings. The molecule has 0 aliphatic heterocycles. The molecule has 0 spiro atoms. The number of anilines is 1. The van der Waals surface area contributed by atoms with Gasteiger partial charge in [-0.2, -0.15) is 5.10 Å². The van der Waals surface area contributed by atoms with Crippen LogP contribution in [0.5, 0.6) is 0 Å². The van der Waals surface area contributed by atoms with Gasteiger partial charge in [0.05, 0.1) is 12.1 Å². The summed E-state index contributed by atoms with van der Waals surface area (Å²) >= 11 is 0. The van der Waals surface area contributed by atoms with E-state index >= 15 is 0 Å². The normalized spacial score (nSPS) is 10.7. The number of aryl methyl sites for hydroxylation is 1. The third-order valence-electron chi connectivity index (χ3n) is 3.61. The van der Waals surface area contributed by atoms with Crippen molar-refractivity contribution in [3.8, 4) is 0 Å². The number of rotatable bonds is 5. The second kappa shape index (κ2) is 7.21. The van der Waals surface area contributed by atoms with Crippen LogP contribution in [0.1, 0.15) is 22.8 Å². The zero-order chi connectivity index (χ0) is 17.8. The first-order valence-corrected chi connectivity index (χ1v) is 7.71. The van der Waals surface area contributed by atoms with Crippen molar-refractivity contribution < 1.29 is 13.6 Å². The van der Waals surface area contributed by atoms with Crippen LogP contribution < -0.4 is 5.32 Å². The van der Waals surface area contributed by atoms with E-state index in [1.165, 1.54) is 18.2 Å². The summed E-state index contributed by atoms with van der Waals surface area (Å²) in [6, 6.07) is 10.9. The minimum atomic E-state index is -0.497. The standard InChI is InChI=1S/C18H16F2N4O/c1-11-6-7-15(14(20)8-11)21-18(25)10-17-22-16(23-24-17)9-12-4-2-3-5-13(12)19/h2-8H,9-10H2,1H3,(H,21,25)(H,22,23,24). The van der Waals surface area contributed by atoms with Crippen molar-refractivity contribution in [3.63, 3.8) is 0 Å². The monoisotopic (exact) mass is 342 g/mol. The summed E-state index contributed by atoms with van der Waals surface area (Å²) in [5, 5.41) is 9.12. The van der Waals surface area contributed by atoms with Gasteiger partial charge in [0, 0.05) is 6.42 Å². The highest BCUT2D eigenvalue weighted by atomic mass is 19.1. The molecule has 0 atom stereocenters. The van der Waals surface area contributed by atoms with Crippen molar-refractivity contribution >= 4 is 11.6 Å². The van der Waals surface area contributed by atoms with Crippen LogP contribution >= 0.6 is 0 Å². The lowest BCUT2D eigenvalue weighted by Crippen LogP contribution is -2.16. The lowest BCUT2D eigenvalue weighted by Gasteiger charge is -2.05. The Morgan fingerprint density at radius 3 is 2.72 bits per heavy atom. The van der Waals surface area contributed by atoms with E-state index in [9.17, 15) is 13.6 Å². The molecule has 2 aromatic carbocycles. The number of carbonyl (C=O) groups excluding carboxylic acids is 1. The molecule has 2 N–H and O–H groups in total. The Bertz CT molecular complexity index is 908. The maximum Gasteiger partial charge on any atom is 0.232 e. The van der Waals surface area contributed by atoms with Gasteiger partial charge in [-0.3, -0.25) is 9.89 Å². The van der Waals surface area contributed by atoms with Gasteiger partial charge in [0.15, 0.2) is 5.82 Å². The number of aromatic amines is 1. The predicted octanol–water partition coefficient (Wildman–Crippen LogP) is 3.16. The minimum Gasteiger partial charge on any atom is -0.323 e. The summed E-state index contributed by atoms with van der Waals surface area (Å²) in [6.45, 7) is 1.76. The van der Waals surface area contributed by atoms with E-state index in [1.807, 2.05) is 0 Å². The van der Waals surface area contributed by atoms with Crippen LogP contribution in [0, 0.1) is 18.6 Å².